The fraction of sp³-hybridized carbons (Fsp3) is 0.871. The molecule has 1 N–H and O–H groups in total. The molecular formula is C62H119NO8P+. The largest absolute Gasteiger partial charge is 0.472 e. The van der Waals surface area contributed by atoms with E-state index in [1.165, 1.54) is 218 Å². The van der Waals surface area contributed by atoms with Crippen molar-refractivity contribution in [1.29, 1.82) is 0 Å². The van der Waals surface area contributed by atoms with Gasteiger partial charge < -0.3 is 18.9 Å². The molecule has 2 unspecified atom stereocenters. The average Bonchev–Trinajstić information content (AvgIpc) is 3.34. The molecule has 0 bridgehead atoms. The zero-order valence-electron chi connectivity index (χ0n) is 48.2. The van der Waals surface area contributed by atoms with E-state index in [-0.39, 0.29) is 25.6 Å². The number of phosphoric acid groups is 1. The minimum atomic E-state index is -4.37. The van der Waals surface area contributed by atoms with Crippen LogP contribution in [0, 0.1) is 0 Å². The van der Waals surface area contributed by atoms with Crippen molar-refractivity contribution in [2.75, 3.05) is 47.5 Å². The quantitative estimate of drug-likeness (QED) is 0.0211. The molecule has 0 amide bonds. The van der Waals surface area contributed by atoms with Crippen LogP contribution in [0.4, 0.5) is 0 Å². The maximum Gasteiger partial charge on any atom is 0.472 e. The number of unbranched alkanes of at least 4 members (excludes halogenated alkanes) is 37. The molecule has 9 nitrogen and oxygen atoms in total. The number of likely N-dealkylation sites (N-methyl/N-ethyl adjacent to an activating group) is 1. The summed E-state index contributed by atoms with van der Waals surface area (Å²) in [7, 11) is 1.49. The van der Waals surface area contributed by atoms with Gasteiger partial charge in [-0.3, -0.25) is 18.6 Å². The highest BCUT2D eigenvalue weighted by Gasteiger charge is 2.27. The molecule has 0 aromatic rings. The molecule has 0 aromatic carbocycles. The van der Waals surface area contributed by atoms with Crippen LogP contribution >= 0.6 is 7.82 Å². The topological polar surface area (TPSA) is 108 Å². The third-order valence-corrected chi connectivity index (χ3v) is 14.7. The SMILES string of the molecule is CCCCCCC/C=C\C/C=C\C/C=C\CCCCCCCCCCCCCCCCCCCCCCCCCCCCC(=O)OC(COC(=O)CCCCCCCCC)COP(=O)(O)OCC[N+](C)(C)C. The smallest absolute Gasteiger partial charge is 0.462 e. The Bertz CT molecular complexity index is 1310. The van der Waals surface area contributed by atoms with Gasteiger partial charge in [0.15, 0.2) is 6.10 Å². The van der Waals surface area contributed by atoms with Crippen molar-refractivity contribution < 1.29 is 42.1 Å². The van der Waals surface area contributed by atoms with Crippen LogP contribution in [0.1, 0.15) is 296 Å². The number of esters is 2. The van der Waals surface area contributed by atoms with Crippen molar-refractivity contribution in [1.82, 2.24) is 0 Å². The molecule has 0 aromatic heterocycles. The molecular weight excluding hydrogens is 918 g/mol. The van der Waals surface area contributed by atoms with Crippen LogP contribution in [0.25, 0.3) is 0 Å². The van der Waals surface area contributed by atoms with E-state index in [4.69, 9.17) is 18.5 Å². The number of rotatable bonds is 57. The number of ether oxygens (including phenoxy) is 2. The van der Waals surface area contributed by atoms with E-state index in [1.54, 1.807) is 0 Å². The van der Waals surface area contributed by atoms with Crippen molar-refractivity contribution in [3.8, 4) is 0 Å². The Kier molecular flexibility index (Phi) is 52.7. The molecule has 0 aliphatic rings. The summed E-state index contributed by atoms with van der Waals surface area (Å²) in [5.41, 5.74) is 0. The molecule has 424 valence electrons. The summed E-state index contributed by atoms with van der Waals surface area (Å²) < 4.78 is 34.3. The van der Waals surface area contributed by atoms with Gasteiger partial charge in [-0.1, -0.05) is 269 Å². The average molecular weight is 1040 g/mol. The molecule has 0 saturated heterocycles. The molecule has 2 atom stereocenters. The Balaban J connectivity index is 3.74. The fourth-order valence-electron chi connectivity index (χ4n) is 8.91. The number of quaternary nitrogens is 1. The zero-order chi connectivity index (χ0) is 52.7. The summed E-state index contributed by atoms with van der Waals surface area (Å²) in [6.45, 7) is 4.40. The molecule has 10 heteroatoms. The van der Waals surface area contributed by atoms with Gasteiger partial charge in [0.05, 0.1) is 27.7 Å². The number of carbonyl (C=O) groups excluding carboxylic acids is 2. The molecule has 0 aliphatic heterocycles. The molecule has 0 radical (unpaired) electrons. The first-order chi connectivity index (χ1) is 35.0. The van der Waals surface area contributed by atoms with Crippen molar-refractivity contribution in [3.05, 3.63) is 36.5 Å². The first-order valence-corrected chi connectivity index (χ1v) is 32.2. The van der Waals surface area contributed by atoms with Crippen molar-refractivity contribution in [2.24, 2.45) is 0 Å². The van der Waals surface area contributed by atoms with E-state index in [2.05, 4.69) is 50.3 Å². The van der Waals surface area contributed by atoms with E-state index in [0.717, 1.165) is 44.9 Å². The second-order valence-electron chi connectivity index (χ2n) is 22.1. The van der Waals surface area contributed by atoms with Crippen LogP contribution in [0.15, 0.2) is 36.5 Å². The van der Waals surface area contributed by atoms with Crippen LogP contribution < -0.4 is 0 Å². The standard InChI is InChI=1S/C62H118NO8P/c1-6-8-10-12-14-15-16-17-18-19-20-21-22-23-24-25-26-27-28-29-30-31-32-33-34-35-36-37-38-39-40-41-42-43-44-45-46-47-49-51-53-55-62(65)71-60(59-70-72(66,67)69-57-56-63(3,4)5)58-68-61(64)54-52-50-48-13-11-9-7-2/h16-17,19-20,22-23,60H,6-15,18,21,24-59H2,1-5H3/p+1/b17-16-,20-19-,23-22-. The zero-order valence-corrected chi connectivity index (χ0v) is 49.1. The molecule has 0 rings (SSSR count). The van der Waals surface area contributed by atoms with Crippen LogP contribution in [-0.4, -0.2) is 74.9 Å². The Morgan fingerprint density at radius 3 is 1.11 bits per heavy atom. The monoisotopic (exact) mass is 1040 g/mol. The Hall–Kier alpha value is -1.77. The van der Waals surface area contributed by atoms with Crippen molar-refractivity contribution in [3.63, 3.8) is 0 Å². The lowest BCUT2D eigenvalue weighted by molar-refractivity contribution is -0.870. The Morgan fingerprint density at radius 2 is 0.750 bits per heavy atom. The summed E-state index contributed by atoms with van der Waals surface area (Å²) in [6, 6.07) is 0. The number of hydrogen-bond acceptors (Lipinski definition) is 7. The lowest BCUT2D eigenvalue weighted by Gasteiger charge is -2.24. The van der Waals surface area contributed by atoms with Gasteiger partial charge in [-0.2, -0.15) is 0 Å². The third kappa shape index (κ3) is 57.5. The summed E-state index contributed by atoms with van der Waals surface area (Å²) >= 11 is 0. The summed E-state index contributed by atoms with van der Waals surface area (Å²) in [6.07, 6.45) is 67.2. The van der Waals surface area contributed by atoms with Gasteiger partial charge >= 0.3 is 19.8 Å². The lowest BCUT2D eigenvalue weighted by Crippen LogP contribution is -2.37. The lowest BCUT2D eigenvalue weighted by atomic mass is 10.0. The number of nitrogens with zero attached hydrogens (tertiary/aromatic N) is 1. The summed E-state index contributed by atoms with van der Waals surface area (Å²) in [5.74, 6) is -0.791. The van der Waals surface area contributed by atoms with Crippen LogP contribution in [-0.2, 0) is 32.7 Å². The number of allylic oxidation sites excluding steroid dienone is 6. The molecule has 0 fully saturated rings. The van der Waals surface area contributed by atoms with Crippen molar-refractivity contribution in [2.45, 2.75) is 302 Å². The predicted octanol–water partition coefficient (Wildman–Crippen LogP) is 19.2. The normalized spacial score (nSPS) is 13.5. The van der Waals surface area contributed by atoms with E-state index in [0.29, 0.717) is 23.9 Å². The van der Waals surface area contributed by atoms with Gasteiger partial charge in [-0.05, 0) is 51.4 Å². The predicted molar refractivity (Wildman–Crippen MR) is 307 cm³/mol. The van der Waals surface area contributed by atoms with E-state index < -0.39 is 26.5 Å². The maximum absolute atomic E-state index is 12.7. The van der Waals surface area contributed by atoms with Gasteiger partial charge in [0.2, 0.25) is 0 Å². The number of phosphoric ester groups is 1. The van der Waals surface area contributed by atoms with Crippen molar-refractivity contribution >= 4 is 19.8 Å². The van der Waals surface area contributed by atoms with Gasteiger partial charge in [-0.15, -0.1) is 0 Å². The molecule has 0 saturated carbocycles. The van der Waals surface area contributed by atoms with Crippen LogP contribution in [0.5, 0.6) is 0 Å². The maximum atomic E-state index is 12.7. The molecule has 0 aliphatic carbocycles. The Labute approximate surface area is 446 Å². The second-order valence-corrected chi connectivity index (χ2v) is 23.6. The third-order valence-electron chi connectivity index (χ3n) is 13.7. The Morgan fingerprint density at radius 1 is 0.431 bits per heavy atom. The minimum Gasteiger partial charge on any atom is -0.462 e. The van der Waals surface area contributed by atoms with E-state index in [9.17, 15) is 19.0 Å². The van der Waals surface area contributed by atoms with E-state index >= 15 is 0 Å². The summed E-state index contributed by atoms with van der Waals surface area (Å²) in [5, 5.41) is 0. The number of hydrogen-bond donors (Lipinski definition) is 1. The first-order valence-electron chi connectivity index (χ1n) is 30.7. The first kappa shape index (κ1) is 70.2. The highest BCUT2D eigenvalue weighted by Crippen LogP contribution is 2.43. The van der Waals surface area contributed by atoms with Gasteiger partial charge in [-0.25, -0.2) is 4.57 Å². The molecule has 0 spiro atoms. The second kappa shape index (κ2) is 54.0. The van der Waals surface area contributed by atoms with E-state index in [1.807, 2.05) is 21.1 Å². The van der Waals surface area contributed by atoms with Gasteiger partial charge in [0, 0.05) is 12.8 Å². The highest BCUT2D eigenvalue weighted by molar-refractivity contribution is 7.47. The summed E-state index contributed by atoms with van der Waals surface area (Å²) in [4.78, 5) is 35.3. The highest BCUT2D eigenvalue weighted by atomic mass is 31.2. The van der Waals surface area contributed by atoms with Gasteiger partial charge in [0.1, 0.15) is 19.8 Å². The molecule has 0 heterocycles. The minimum absolute atomic E-state index is 0.0348. The van der Waals surface area contributed by atoms with Crippen LogP contribution in [0.2, 0.25) is 0 Å². The van der Waals surface area contributed by atoms with Gasteiger partial charge in [0.25, 0.3) is 0 Å². The fourth-order valence-corrected chi connectivity index (χ4v) is 9.65. The molecule has 72 heavy (non-hydrogen) atoms. The number of carbonyl (C=O) groups is 2. The van der Waals surface area contributed by atoms with Crippen LogP contribution in [0.3, 0.4) is 0 Å².